The Morgan fingerprint density at radius 3 is 2.57 bits per heavy atom. The molecule has 1 unspecified atom stereocenters. The van der Waals surface area contributed by atoms with Crippen molar-refractivity contribution in [1.29, 1.82) is 0 Å². The van der Waals surface area contributed by atoms with Gasteiger partial charge in [-0.1, -0.05) is 6.92 Å². The van der Waals surface area contributed by atoms with Gasteiger partial charge in [-0.05, 0) is 52.9 Å². The van der Waals surface area contributed by atoms with Crippen molar-refractivity contribution in [1.82, 2.24) is 18.8 Å². The molecular formula is C14H32N4O2S. The van der Waals surface area contributed by atoms with Crippen molar-refractivity contribution in [2.75, 3.05) is 53.9 Å². The average molecular weight is 321 g/mol. The molecule has 1 rings (SSSR count). The first-order chi connectivity index (χ1) is 9.89. The third-order valence-electron chi connectivity index (χ3n) is 4.06. The van der Waals surface area contributed by atoms with Gasteiger partial charge in [-0.3, -0.25) is 0 Å². The van der Waals surface area contributed by atoms with E-state index in [9.17, 15) is 8.42 Å². The van der Waals surface area contributed by atoms with Crippen LogP contribution in [0.2, 0.25) is 0 Å². The monoisotopic (exact) mass is 320 g/mol. The lowest BCUT2D eigenvalue weighted by Gasteiger charge is -2.37. The molecule has 0 saturated carbocycles. The molecule has 126 valence electrons. The van der Waals surface area contributed by atoms with Crippen LogP contribution in [0.25, 0.3) is 0 Å². The largest absolute Gasteiger partial charge is 0.317 e. The molecule has 1 fully saturated rings. The number of rotatable bonds is 9. The van der Waals surface area contributed by atoms with E-state index in [0.29, 0.717) is 25.7 Å². The van der Waals surface area contributed by atoms with E-state index in [-0.39, 0.29) is 0 Å². The van der Waals surface area contributed by atoms with Crippen LogP contribution in [-0.4, -0.2) is 81.8 Å². The van der Waals surface area contributed by atoms with E-state index in [1.54, 1.807) is 11.4 Å². The number of nitrogens with zero attached hydrogens (tertiary/aromatic N) is 3. The molecule has 1 saturated heterocycles. The van der Waals surface area contributed by atoms with Gasteiger partial charge in [0.2, 0.25) is 0 Å². The van der Waals surface area contributed by atoms with Crippen molar-refractivity contribution >= 4 is 10.2 Å². The lowest BCUT2D eigenvalue weighted by molar-refractivity contribution is 0.184. The lowest BCUT2D eigenvalue weighted by atomic mass is 10.1. The maximum Gasteiger partial charge on any atom is 0.281 e. The van der Waals surface area contributed by atoms with E-state index in [1.807, 2.05) is 14.1 Å². The zero-order valence-corrected chi connectivity index (χ0v) is 14.8. The van der Waals surface area contributed by atoms with E-state index < -0.39 is 10.2 Å². The minimum atomic E-state index is -3.31. The van der Waals surface area contributed by atoms with Crippen molar-refractivity contribution in [3.05, 3.63) is 0 Å². The normalized spacial score (nSPS) is 21.3. The Morgan fingerprint density at radius 1 is 1.24 bits per heavy atom. The zero-order valence-electron chi connectivity index (χ0n) is 14.0. The van der Waals surface area contributed by atoms with Gasteiger partial charge in [-0.25, -0.2) is 0 Å². The van der Waals surface area contributed by atoms with Crippen LogP contribution >= 0.6 is 0 Å². The van der Waals surface area contributed by atoms with Gasteiger partial charge in [0, 0.05) is 32.7 Å². The van der Waals surface area contributed by atoms with Crippen molar-refractivity contribution < 1.29 is 8.42 Å². The number of piperidine rings is 1. The summed E-state index contributed by atoms with van der Waals surface area (Å²) in [5.74, 6) is 0. The van der Waals surface area contributed by atoms with Gasteiger partial charge in [-0.2, -0.15) is 17.0 Å². The van der Waals surface area contributed by atoms with Crippen LogP contribution in [0.15, 0.2) is 0 Å². The molecule has 0 aromatic carbocycles. The molecule has 0 spiro atoms. The molecule has 0 radical (unpaired) electrons. The second-order valence-electron chi connectivity index (χ2n) is 6.05. The minimum absolute atomic E-state index is 0.327. The number of likely N-dealkylation sites (N-methyl/N-ethyl adjacent to an activating group) is 1. The van der Waals surface area contributed by atoms with Gasteiger partial charge < -0.3 is 10.2 Å². The first-order valence-corrected chi connectivity index (χ1v) is 9.37. The summed E-state index contributed by atoms with van der Waals surface area (Å²) in [6.45, 7) is 5.81. The molecule has 1 aliphatic heterocycles. The fourth-order valence-electron chi connectivity index (χ4n) is 2.59. The zero-order chi connectivity index (χ0) is 15.9. The van der Waals surface area contributed by atoms with Gasteiger partial charge in [-0.15, -0.1) is 0 Å². The Bertz CT molecular complexity index is 386. The van der Waals surface area contributed by atoms with Crippen LogP contribution in [0.4, 0.5) is 0 Å². The Labute approximate surface area is 130 Å². The fourth-order valence-corrected chi connectivity index (χ4v) is 4.07. The molecule has 0 aliphatic carbocycles. The molecule has 1 atom stereocenters. The Kier molecular flexibility index (Phi) is 8.12. The van der Waals surface area contributed by atoms with Gasteiger partial charge >= 0.3 is 0 Å². The standard InChI is InChI=1S/C14H32N4O2S/c1-5-9-15-10-7-11-17(4)21(19,20)18-12-6-8-14(13-18)16(2)3/h14-15H,5-13H2,1-4H3. The van der Waals surface area contributed by atoms with E-state index in [0.717, 1.165) is 38.8 Å². The Balaban J connectivity index is 2.47. The molecule has 6 nitrogen and oxygen atoms in total. The maximum atomic E-state index is 12.6. The molecule has 0 amide bonds. The van der Waals surface area contributed by atoms with Crippen LogP contribution < -0.4 is 5.32 Å². The highest BCUT2D eigenvalue weighted by Gasteiger charge is 2.32. The first kappa shape index (κ1) is 18.8. The summed E-state index contributed by atoms with van der Waals surface area (Å²) in [6, 6.07) is 0.327. The summed E-state index contributed by atoms with van der Waals surface area (Å²) in [7, 11) is 2.42. The predicted molar refractivity (Wildman–Crippen MR) is 87.6 cm³/mol. The van der Waals surface area contributed by atoms with Gasteiger partial charge in [0.15, 0.2) is 0 Å². The summed E-state index contributed by atoms with van der Waals surface area (Å²) in [5.41, 5.74) is 0. The molecule has 0 aromatic heterocycles. The number of hydrogen-bond acceptors (Lipinski definition) is 4. The highest BCUT2D eigenvalue weighted by molar-refractivity contribution is 7.86. The van der Waals surface area contributed by atoms with Gasteiger partial charge in [0.05, 0.1) is 0 Å². The quantitative estimate of drug-likeness (QED) is 0.632. The molecule has 21 heavy (non-hydrogen) atoms. The number of nitrogens with one attached hydrogen (secondary N) is 1. The molecule has 1 N–H and O–H groups in total. The third-order valence-corrected chi connectivity index (χ3v) is 6.02. The van der Waals surface area contributed by atoms with E-state index >= 15 is 0 Å². The molecular weight excluding hydrogens is 288 g/mol. The average Bonchev–Trinajstić information content (AvgIpc) is 2.46. The highest BCUT2D eigenvalue weighted by Crippen LogP contribution is 2.18. The third kappa shape index (κ3) is 5.83. The van der Waals surface area contributed by atoms with Crippen LogP contribution in [0.1, 0.15) is 32.6 Å². The molecule has 0 aromatic rings. The first-order valence-electron chi connectivity index (χ1n) is 7.98. The minimum Gasteiger partial charge on any atom is -0.317 e. The SMILES string of the molecule is CCCNCCCN(C)S(=O)(=O)N1CCCC(N(C)C)C1. The lowest BCUT2D eigenvalue weighted by Crippen LogP contribution is -2.51. The van der Waals surface area contributed by atoms with Crippen molar-refractivity contribution in [3.63, 3.8) is 0 Å². The van der Waals surface area contributed by atoms with Gasteiger partial charge in [0.25, 0.3) is 10.2 Å². The second-order valence-corrected chi connectivity index (χ2v) is 8.09. The molecule has 1 heterocycles. The number of hydrogen-bond donors (Lipinski definition) is 1. The van der Waals surface area contributed by atoms with E-state index in [1.165, 1.54) is 4.31 Å². The van der Waals surface area contributed by atoms with Crippen LogP contribution in [-0.2, 0) is 10.2 Å². The van der Waals surface area contributed by atoms with Crippen molar-refractivity contribution in [2.24, 2.45) is 0 Å². The van der Waals surface area contributed by atoms with Gasteiger partial charge in [0.1, 0.15) is 0 Å². The second kappa shape index (κ2) is 9.05. The van der Waals surface area contributed by atoms with Crippen LogP contribution in [0.5, 0.6) is 0 Å². The summed E-state index contributed by atoms with van der Waals surface area (Å²) in [6.07, 6.45) is 3.96. The van der Waals surface area contributed by atoms with Crippen molar-refractivity contribution in [3.8, 4) is 0 Å². The van der Waals surface area contributed by atoms with Crippen LogP contribution in [0, 0.1) is 0 Å². The molecule has 7 heteroatoms. The smallest absolute Gasteiger partial charge is 0.281 e. The summed E-state index contributed by atoms with van der Waals surface area (Å²) in [5, 5.41) is 3.30. The van der Waals surface area contributed by atoms with Crippen LogP contribution in [0.3, 0.4) is 0 Å². The summed E-state index contributed by atoms with van der Waals surface area (Å²) >= 11 is 0. The Morgan fingerprint density at radius 2 is 1.95 bits per heavy atom. The van der Waals surface area contributed by atoms with E-state index in [4.69, 9.17) is 0 Å². The molecule has 1 aliphatic rings. The van der Waals surface area contributed by atoms with Crippen molar-refractivity contribution in [2.45, 2.75) is 38.6 Å². The summed E-state index contributed by atoms with van der Waals surface area (Å²) < 4.78 is 28.3. The maximum absolute atomic E-state index is 12.6. The highest BCUT2D eigenvalue weighted by atomic mass is 32.2. The Hall–Kier alpha value is -0.210. The topological polar surface area (TPSA) is 55.9 Å². The van der Waals surface area contributed by atoms with E-state index in [2.05, 4.69) is 17.1 Å². The fraction of sp³-hybridized carbons (Fsp3) is 1.00. The molecule has 0 bridgehead atoms. The predicted octanol–water partition coefficient (Wildman–Crippen LogP) is 0.579. The summed E-state index contributed by atoms with van der Waals surface area (Å²) in [4.78, 5) is 2.12.